The molecule has 92 valence electrons. The maximum absolute atomic E-state index is 5.41. The zero-order chi connectivity index (χ0) is 11.5. The molecule has 0 saturated carbocycles. The van der Waals surface area contributed by atoms with Crippen LogP contribution in [0.3, 0.4) is 0 Å². The van der Waals surface area contributed by atoms with Gasteiger partial charge in [-0.1, -0.05) is 0 Å². The van der Waals surface area contributed by atoms with E-state index in [9.17, 15) is 0 Å². The average molecular weight is 233 g/mol. The van der Waals surface area contributed by atoms with Gasteiger partial charge in [0.1, 0.15) is 6.33 Å². The minimum atomic E-state index is 0.815. The summed E-state index contributed by atoms with van der Waals surface area (Å²) in [6, 6.07) is 0. The molecule has 4 heteroatoms. The van der Waals surface area contributed by atoms with Gasteiger partial charge < -0.3 is 4.74 Å². The Morgan fingerprint density at radius 3 is 3.12 bits per heavy atom. The zero-order valence-electron chi connectivity index (χ0n) is 10.1. The number of fused-ring (bicyclic) bond motifs is 1. The van der Waals surface area contributed by atoms with Gasteiger partial charge in [0.25, 0.3) is 0 Å². The quantitative estimate of drug-likeness (QED) is 0.771. The third kappa shape index (κ3) is 2.64. The van der Waals surface area contributed by atoms with Gasteiger partial charge in [0, 0.05) is 56.7 Å². The molecule has 0 aliphatic carbocycles. The second-order valence-corrected chi connectivity index (χ2v) is 5.04. The summed E-state index contributed by atoms with van der Waals surface area (Å²) in [5, 5.41) is 0. The van der Waals surface area contributed by atoms with Crippen molar-refractivity contribution < 1.29 is 4.74 Å². The lowest BCUT2D eigenvalue weighted by Crippen LogP contribution is -2.36. The third-order valence-corrected chi connectivity index (χ3v) is 3.80. The van der Waals surface area contributed by atoms with Gasteiger partial charge >= 0.3 is 0 Å². The van der Waals surface area contributed by atoms with Gasteiger partial charge in [-0.25, -0.2) is 9.97 Å². The van der Waals surface area contributed by atoms with Crippen molar-refractivity contribution in [2.75, 3.05) is 26.3 Å². The van der Waals surface area contributed by atoms with E-state index in [1.165, 1.54) is 30.6 Å². The van der Waals surface area contributed by atoms with Crippen LogP contribution >= 0.6 is 0 Å². The standard InChI is InChI=1S/C13H19N3O/c1-4-16(8-11-2-5-17-6-3-11)9-12-7-14-10-15-13(1)12/h7,10-11H,1-6,8-9H2. The number of rotatable bonds is 2. The maximum Gasteiger partial charge on any atom is 0.115 e. The van der Waals surface area contributed by atoms with Crippen molar-refractivity contribution >= 4 is 0 Å². The van der Waals surface area contributed by atoms with Crippen molar-refractivity contribution in [1.82, 2.24) is 14.9 Å². The van der Waals surface area contributed by atoms with E-state index in [1.807, 2.05) is 6.20 Å². The Labute approximate surface area is 102 Å². The number of aromatic nitrogens is 2. The normalized spacial score (nSPS) is 22.4. The fourth-order valence-electron chi connectivity index (χ4n) is 2.77. The summed E-state index contributed by atoms with van der Waals surface area (Å²) < 4.78 is 5.41. The molecule has 0 atom stereocenters. The van der Waals surface area contributed by atoms with E-state index >= 15 is 0 Å². The van der Waals surface area contributed by atoms with Crippen LogP contribution in [0.4, 0.5) is 0 Å². The van der Waals surface area contributed by atoms with Crippen LogP contribution < -0.4 is 0 Å². The highest BCUT2D eigenvalue weighted by atomic mass is 16.5. The van der Waals surface area contributed by atoms with Crippen LogP contribution in [-0.4, -0.2) is 41.2 Å². The van der Waals surface area contributed by atoms with Crippen LogP contribution in [0.5, 0.6) is 0 Å². The summed E-state index contributed by atoms with van der Waals surface area (Å²) >= 11 is 0. The zero-order valence-corrected chi connectivity index (χ0v) is 10.1. The first kappa shape index (κ1) is 11.1. The van der Waals surface area contributed by atoms with Gasteiger partial charge in [0.2, 0.25) is 0 Å². The number of hydrogen-bond acceptors (Lipinski definition) is 4. The Bertz CT molecular complexity index is 377. The molecular weight excluding hydrogens is 214 g/mol. The first-order chi connectivity index (χ1) is 8.42. The molecule has 0 N–H and O–H groups in total. The second kappa shape index (κ2) is 5.10. The fourth-order valence-corrected chi connectivity index (χ4v) is 2.77. The van der Waals surface area contributed by atoms with Crippen molar-refractivity contribution in [2.45, 2.75) is 25.8 Å². The average Bonchev–Trinajstić information content (AvgIpc) is 2.40. The Kier molecular flexibility index (Phi) is 3.34. The largest absolute Gasteiger partial charge is 0.381 e. The topological polar surface area (TPSA) is 38.2 Å². The van der Waals surface area contributed by atoms with Crippen LogP contribution in [0.25, 0.3) is 0 Å². The fraction of sp³-hybridized carbons (Fsp3) is 0.692. The Balaban J connectivity index is 1.60. The molecule has 17 heavy (non-hydrogen) atoms. The van der Waals surface area contributed by atoms with E-state index in [1.54, 1.807) is 6.33 Å². The Hall–Kier alpha value is -1.00. The third-order valence-electron chi connectivity index (χ3n) is 3.80. The lowest BCUT2D eigenvalue weighted by atomic mass is 9.98. The second-order valence-electron chi connectivity index (χ2n) is 5.04. The molecule has 0 amide bonds. The molecule has 1 aromatic rings. The smallest absolute Gasteiger partial charge is 0.115 e. The molecular formula is C13H19N3O. The number of nitrogens with zero attached hydrogens (tertiary/aromatic N) is 3. The minimum absolute atomic E-state index is 0.815. The Morgan fingerprint density at radius 1 is 1.35 bits per heavy atom. The summed E-state index contributed by atoms with van der Waals surface area (Å²) in [6.45, 7) is 5.25. The lowest BCUT2D eigenvalue weighted by molar-refractivity contribution is 0.0505. The van der Waals surface area contributed by atoms with E-state index < -0.39 is 0 Å². The van der Waals surface area contributed by atoms with Crippen molar-refractivity contribution in [3.8, 4) is 0 Å². The van der Waals surface area contributed by atoms with E-state index in [0.29, 0.717) is 0 Å². The van der Waals surface area contributed by atoms with Gasteiger partial charge in [0.15, 0.2) is 0 Å². The van der Waals surface area contributed by atoms with Crippen LogP contribution in [-0.2, 0) is 17.7 Å². The van der Waals surface area contributed by atoms with E-state index in [2.05, 4.69) is 14.9 Å². The van der Waals surface area contributed by atoms with Gasteiger partial charge in [-0.15, -0.1) is 0 Å². The molecule has 0 spiro atoms. The molecule has 2 aliphatic heterocycles. The molecule has 1 aromatic heterocycles. The summed E-state index contributed by atoms with van der Waals surface area (Å²) in [4.78, 5) is 11.0. The minimum Gasteiger partial charge on any atom is -0.381 e. The molecule has 1 saturated heterocycles. The van der Waals surface area contributed by atoms with Crippen molar-refractivity contribution in [2.24, 2.45) is 5.92 Å². The van der Waals surface area contributed by atoms with Gasteiger partial charge in [0.05, 0.1) is 0 Å². The van der Waals surface area contributed by atoms with Crippen molar-refractivity contribution in [1.29, 1.82) is 0 Å². The molecule has 3 heterocycles. The highest BCUT2D eigenvalue weighted by Crippen LogP contribution is 2.20. The van der Waals surface area contributed by atoms with Gasteiger partial charge in [-0.3, -0.25) is 4.90 Å². The monoisotopic (exact) mass is 233 g/mol. The predicted molar refractivity (Wildman–Crippen MR) is 64.6 cm³/mol. The van der Waals surface area contributed by atoms with Crippen LogP contribution in [0, 0.1) is 5.92 Å². The highest BCUT2D eigenvalue weighted by molar-refractivity contribution is 5.18. The molecule has 0 radical (unpaired) electrons. The van der Waals surface area contributed by atoms with Gasteiger partial charge in [-0.05, 0) is 18.8 Å². The van der Waals surface area contributed by atoms with Crippen molar-refractivity contribution in [3.05, 3.63) is 23.8 Å². The molecule has 1 fully saturated rings. The van der Waals surface area contributed by atoms with Crippen LogP contribution in [0.15, 0.2) is 12.5 Å². The molecule has 0 aromatic carbocycles. The first-order valence-corrected chi connectivity index (χ1v) is 6.49. The maximum atomic E-state index is 5.41. The molecule has 0 unspecified atom stereocenters. The van der Waals surface area contributed by atoms with Crippen LogP contribution in [0.1, 0.15) is 24.1 Å². The molecule has 4 nitrogen and oxygen atoms in total. The van der Waals surface area contributed by atoms with E-state index in [-0.39, 0.29) is 0 Å². The number of hydrogen-bond donors (Lipinski definition) is 0. The molecule has 2 aliphatic rings. The van der Waals surface area contributed by atoms with E-state index in [0.717, 1.165) is 38.6 Å². The SMILES string of the molecule is c1ncc2c(n1)CCN(CC1CCOCC1)C2. The van der Waals surface area contributed by atoms with Crippen molar-refractivity contribution in [3.63, 3.8) is 0 Å². The summed E-state index contributed by atoms with van der Waals surface area (Å²) in [5.41, 5.74) is 2.55. The number of ether oxygens (including phenoxy) is 1. The highest BCUT2D eigenvalue weighted by Gasteiger charge is 2.21. The Morgan fingerprint density at radius 2 is 2.24 bits per heavy atom. The van der Waals surface area contributed by atoms with Gasteiger partial charge in [-0.2, -0.15) is 0 Å². The van der Waals surface area contributed by atoms with Crippen LogP contribution in [0.2, 0.25) is 0 Å². The molecule has 0 bridgehead atoms. The summed E-state index contributed by atoms with van der Waals surface area (Å²) in [7, 11) is 0. The first-order valence-electron chi connectivity index (χ1n) is 6.49. The van der Waals surface area contributed by atoms with E-state index in [4.69, 9.17) is 4.74 Å². The summed E-state index contributed by atoms with van der Waals surface area (Å²) in [6.07, 6.45) is 7.13. The lowest BCUT2D eigenvalue weighted by Gasteiger charge is -2.32. The molecule has 3 rings (SSSR count). The predicted octanol–water partition coefficient (Wildman–Crippen LogP) is 1.26. The summed E-state index contributed by atoms with van der Waals surface area (Å²) in [5.74, 6) is 0.815.